The first kappa shape index (κ1) is 18.4. The monoisotopic (exact) mass is 368 g/mol. The average molecular weight is 368 g/mol. The number of nitrogens with one attached hydrogen (secondary N) is 3. The van der Waals surface area contributed by atoms with E-state index in [0.29, 0.717) is 17.1 Å². The molecule has 8 heteroatoms. The Labute approximate surface area is 154 Å². The summed E-state index contributed by atoms with van der Waals surface area (Å²) in [6.45, 7) is 3.28. The first-order valence-electron chi connectivity index (χ1n) is 8.57. The number of amides is 2. The lowest BCUT2D eigenvalue weighted by molar-refractivity contribution is -0.126. The predicted octanol–water partition coefficient (Wildman–Crippen LogP) is 1.90. The van der Waals surface area contributed by atoms with Crippen molar-refractivity contribution in [3.8, 4) is 0 Å². The number of para-hydroxylation sites is 1. The Balaban J connectivity index is 1.55. The summed E-state index contributed by atoms with van der Waals surface area (Å²) >= 11 is 0. The van der Waals surface area contributed by atoms with Crippen LogP contribution in [0.5, 0.6) is 0 Å². The van der Waals surface area contributed by atoms with Crippen LogP contribution in [0.3, 0.4) is 0 Å². The quantitative estimate of drug-likeness (QED) is 0.614. The van der Waals surface area contributed by atoms with E-state index in [2.05, 4.69) is 20.8 Å². The zero-order chi connectivity index (χ0) is 19.4. The number of benzene rings is 1. The number of hydrogen-bond acceptors (Lipinski definition) is 5. The predicted molar refractivity (Wildman–Crippen MR) is 100 cm³/mol. The van der Waals surface area contributed by atoms with Gasteiger partial charge < -0.3 is 20.1 Å². The summed E-state index contributed by atoms with van der Waals surface area (Å²) in [5.74, 6) is 0.144. The smallest absolute Gasteiger partial charge is 0.251 e. The first-order chi connectivity index (χ1) is 12.9. The summed E-state index contributed by atoms with van der Waals surface area (Å²) in [7, 11) is 0. The number of H-pyrrole nitrogens is 1. The van der Waals surface area contributed by atoms with Gasteiger partial charge in [0.05, 0.1) is 0 Å². The van der Waals surface area contributed by atoms with Gasteiger partial charge in [0.25, 0.3) is 5.56 Å². The van der Waals surface area contributed by atoms with Gasteiger partial charge in [-0.25, -0.2) is 0 Å². The van der Waals surface area contributed by atoms with E-state index in [9.17, 15) is 14.4 Å². The highest BCUT2D eigenvalue weighted by molar-refractivity contribution is 5.96. The summed E-state index contributed by atoms with van der Waals surface area (Å²) in [6.07, 6.45) is 0.380. The molecule has 0 spiro atoms. The van der Waals surface area contributed by atoms with Crippen LogP contribution in [-0.4, -0.2) is 28.0 Å². The van der Waals surface area contributed by atoms with Crippen LogP contribution >= 0.6 is 0 Å². The topological polar surface area (TPSA) is 117 Å². The number of carbonyl (C=O) groups is 2. The van der Waals surface area contributed by atoms with Crippen LogP contribution in [-0.2, 0) is 16.0 Å². The van der Waals surface area contributed by atoms with Gasteiger partial charge >= 0.3 is 0 Å². The first-order valence-corrected chi connectivity index (χ1v) is 8.57. The molecule has 27 heavy (non-hydrogen) atoms. The van der Waals surface area contributed by atoms with Crippen LogP contribution in [0.1, 0.15) is 24.7 Å². The zero-order valence-electron chi connectivity index (χ0n) is 15.0. The maximum Gasteiger partial charge on any atom is 0.251 e. The fourth-order valence-corrected chi connectivity index (χ4v) is 2.67. The SMILES string of the molecule is Cc1cc(NC(=O)[C@H](C)NC(=O)CCc2cc3ccccc3[nH]c2=O)no1. The molecule has 2 amide bonds. The molecule has 0 aliphatic heterocycles. The van der Waals surface area contributed by atoms with Crippen LogP contribution in [0.25, 0.3) is 10.9 Å². The maximum absolute atomic E-state index is 12.1. The minimum absolute atomic E-state index is 0.0993. The molecule has 3 rings (SSSR count). The van der Waals surface area contributed by atoms with Gasteiger partial charge in [0.15, 0.2) is 5.82 Å². The largest absolute Gasteiger partial charge is 0.360 e. The maximum atomic E-state index is 12.1. The van der Waals surface area contributed by atoms with Gasteiger partial charge in [0.1, 0.15) is 11.8 Å². The normalized spacial score (nSPS) is 11.9. The van der Waals surface area contributed by atoms with Crippen molar-refractivity contribution in [3.63, 3.8) is 0 Å². The number of fused-ring (bicyclic) bond motifs is 1. The summed E-state index contributed by atoms with van der Waals surface area (Å²) in [5, 5.41) is 9.75. The highest BCUT2D eigenvalue weighted by Crippen LogP contribution is 2.11. The number of hydrogen-bond donors (Lipinski definition) is 3. The average Bonchev–Trinajstić information content (AvgIpc) is 3.04. The van der Waals surface area contributed by atoms with Crippen molar-refractivity contribution in [2.75, 3.05) is 5.32 Å². The number of pyridine rings is 1. The second kappa shape index (κ2) is 7.86. The molecule has 8 nitrogen and oxygen atoms in total. The van der Waals surface area contributed by atoms with Gasteiger partial charge in [0.2, 0.25) is 11.8 Å². The Kier molecular flexibility index (Phi) is 5.35. The lowest BCUT2D eigenvalue weighted by Crippen LogP contribution is -2.41. The highest BCUT2D eigenvalue weighted by atomic mass is 16.5. The van der Waals surface area contributed by atoms with Crippen LogP contribution in [0.2, 0.25) is 0 Å². The Morgan fingerprint density at radius 2 is 2.04 bits per heavy atom. The third kappa shape index (κ3) is 4.60. The zero-order valence-corrected chi connectivity index (χ0v) is 15.0. The molecule has 1 atom stereocenters. The van der Waals surface area contributed by atoms with E-state index in [1.54, 1.807) is 26.0 Å². The second-order valence-corrected chi connectivity index (χ2v) is 6.31. The van der Waals surface area contributed by atoms with Crippen LogP contribution in [0.15, 0.2) is 45.7 Å². The molecule has 0 saturated heterocycles. The molecule has 140 valence electrons. The number of carbonyl (C=O) groups excluding carboxylic acids is 2. The summed E-state index contributed by atoms with van der Waals surface area (Å²) in [6, 6.07) is 10.1. The number of nitrogens with zero attached hydrogens (tertiary/aromatic N) is 1. The van der Waals surface area contributed by atoms with Gasteiger partial charge in [-0.15, -0.1) is 0 Å². The summed E-state index contributed by atoms with van der Waals surface area (Å²) in [5.41, 5.74) is 1.07. The number of rotatable bonds is 6. The van der Waals surface area contributed by atoms with Crippen molar-refractivity contribution >= 4 is 28.5 Å². The molecule has 3 N–H and O–H groups in total. The van der Waals surface area contributed by atoms with E-state index >= 15 is 0 Å². The fourth-order valence-electron chi connectivity index (χ4n) is 2.67. The van der Waals surface area contributed by atoms with Gasteiger partial charge in [-0.3, -0.25) is 14.4 Å². The van der Waals surface area contributed by atoms with E-state index in [-0.39, 0.29) is 24.3 Å². The molecule has 0 saturated carbocycles. The molecular formula is C19H20N4O4. The molecule has 0 unspecified atom stereocenters. The van der Waals surface area contributed by atoms with Gasteiger partial charge in [-0.05, 0) is 37.8 Å². The Morgan fingerprint density at radius 3 is 2.78 bits per heavy atom. The van der Waals surface area contributed by atoms with Crippen LogP contribution < -0.4 is 16.2 Å². The summed E-state index contributed by atoms with van der Waals surface area (Å²) in [4.78, 5) is 39.1. The number of anilines is 1. The molecule has 0 fully saturated rings. The molecule has 3 aromatic rings. The lowest BCUT2D eigenvalue weighted by atomic mass is 10.1. The fraction of sp³-hybridized carbons (Fsp3) is 0.263. The molecule has 2 aromatic heterocycles. The van der Waals surface area contributed by atoms with Crippen LogP contribution in [0.4, 0.5) is 5.82 Å². The van der Waals surface area contributed by atoms with E-state index in [4.69, 9.17) is 4.52 Å². The van der Waals surface area contributed by atoms with E-state index in [1.807, 2.05) is 24.3 Å². The molecule has 1 aromatic carbocycles. The second-order valence-electron chi connectivity index (χ2n) is 6.31. The Bertz CT molecular complexity index is 1040. The minimum atomic E-state index is -0.746. The molecule has 0 radical (unpaired) electrons. The van der Waals surface area contributed by atoms with Crippen molar-refractivity contribution in [3.05, 3.63) is 58.1 Å². The molecule has 0 aliphatic rings. The number of aryl methyl sites for hydroxylation is 2. The molecule has 0 bridgehead atoms. The molecule has 0 aliphatic carbocycles. The van der Waals surface area contributed by atoms with E-state index < -0.39 is 11.9 Å². The van der Waals surface area contributed by atoms with Crippen LogP contribution in [0, 0.1) is 6.92 Å². The van der Waals surface area contributed by atoms with Gasteiger partial charge in [-0.2, -0.15) is 0 Å². The van der Waals surface area contributed by atoms with Crippen molar-refractivity contribution in [2.24, 2.45) is 0 Å². The third-order valence-corrected chi connectivity index (χ3v) is 4.10. The summed E-state index contributed by atoms with van der Waals surface area (Å²) < 4.78 is 4.87. The highest BCUT2D eigenvalue weighted by Gasteiger charge is 2.17. The van der Waals surface area contributed by atoms with Crippen molar-refractivity contribution in [2.45, 2.75) is 32.7 Å². The van der Waals surface area contributed by atoms with Gasteiger partial charge in [-0.1, -0.05) is 23.4 Å². The Hall–Kier alpha value is -3.42. The lowest BCUT2D eigenvalue weighted by Gasteiger charge is -2.12. The van der Waals surface area contributed by atoms with E-state index in [0.717, 1.165) is 10.9 Å². The standard InChI is InChI=1S/C19H20N4O4/c1-11-9-16(23-27-11)22-18(25)12(2)20-17(24)8-7-14-10-13-5-3-4-6-15(13)21-19(14)26/h3-6,9-10,12H,7-8H2,1-2H3,(H,20,24)(H,21,26)(H,22,23,25)/t12-/m0/s1. The minimum Gasteiger partial charge on any atom is -0.360 e. The third-order valence-electron chi connectivity index (χ3n) is 4.10. The number of aromatic nitrogens is 2. The van der Waals surface area contributed by atoms with E-state index in [1.165, 1.54) is 0 Å². The van der Waals surface area contributed by atoms with Crippen molar-refractivity contribution in [1.82, 2.24) is 15.5 Å². The van der Waals surface area contributed by atoms with Gasteiger partial charge in [0, 0.05) is 23.6 Å². The molecule has 2 heterocycles. The van der Waals surface area contributed by atoms with Crippen molar-refractivity contribution in [1.29, 1.82) is 0 Å². The van der Waals surface area contributed by atoms with Crippen molar-refractivity contribution < 1.29 is 14.1 Å². The molecular weight excluding hydrogens is 348 g/mol. The number of aromatic amines is 1. The Morgan fingerprint density at radius 1 is 1.26 bits per heavy atom.